The molecule has 7 heteroatoms. The number of hydrogen-bond acceptors (Lipinski definition) is 3. The third-order valence-electron chi connectivity index (χ3n) is 2.47. The monoisotopic (exact) mass is 349 g/mol. The van der Waals surface area contributed by atoms with E-state index in [4.69, 9.17) is 5.11 Å². The van der Waals surface area contributed by atoms with E-state index >= 15 is 0 Å². The van der Waals surface area contributed by atoms with Crippen LogP contribution in [0.1, 0.15) is 18.9 Å². The highest BCUT2D eigenvalue weighted by atomic mass is 79.9. The lowest BCUT2D eigenvalue weighted by Gasteiger charge is -2.19. The number of carboxylic acids is 1. The van der Waals surface area contributed by atoms with Crippen molar-refractivity contribution in [2.24, 2.45) is 0 Å². The van der Waals surface area contributed by atoms with Gasteiger partial charge in [0, 0.05) is 11.0 Å². The fraction of sp³-hybridized carbons (Fsp3) is 0.417. The molecule has 1 rings (SSSR count). The zero-order valence-corrected chi connectivity index (χ0v) is 12.9. The highest BCUT2D eigenvalue weighted by molar-refractivity contribution is 9.10. The van der Waals surface area contributed by atoms with Crippen LogP contribution < -0.4 is 0 Å². The smallest absolute Gasteiger partial charge is 0.318 e. The molecular formula is C12H16BrNO4S. The number of rotatable bonds is 7. The highest BCUT2D eigenvalue weighted by Gasteiger charge is 2.24. The maximum absolute atomic E-state index is 12.2. The Morgan fingerprint density at radius 3 is 2.53 bits per heavy atom. The lowest BCUT2D eigenvalue weighted by atomic mass is 10.2. The summed E-state index contributed by atoms with van der Waals surface area (Å²) >= 11 is 3.29. The van der Waals surface area contributed by atoms with Crippen LogP contribution in [0, 0.1) is 0 Å². The number of aliphatic carboxylic acids is 1. The molecule has 0 saturated carbocycles. The lowest BCUT2D eigenvalue weighted by molar-refractivity contribution is -0.137. The van der Waals surface area contributed by atoms with Gasteiger partial charge in [0.2, 0.25) is 10.0 Å². The van der Waals surface area contributed by atoms with Crippen molar-refractivity contribution in [1.82, 2.24) is 4.31 Å². The summed E-state index contributed by atoms with van der Waals surface area (Å²) in [5.41, 5.74) is 0.619. The number of carbonyl (C=O) groups is 1. The van der Waals surface area contributed by atoms with Crippen molar-refractivity contribution in [2.75, 3.05) is 13.1 Å². The molecule has 0 heterocycles. The molecule has 0 fully saturated rings. The van der Waals surface area contributed by atoms with Crippen molar-refractivity contribution < 1.29 is 18.3 Å². The van der Waals surface area contributed by atoms with Gasteiger partial charge in [-0.05, 0) is 18.1 Å². The summed E-state index contributed by atoms with van der Waals surface area (Å²) in [5.74, 6) is -1.36. The number of hydrogen-bond donors (Lipinski definition) is 1. The first kappa shape index (κ1) is 16.1. The maximum Gasteiger partial charge on any atom is 0.318 e. The number of sulfonamides is 1. The molecule has 0 aliphatic carbocycles. The Bertz CT molecular complexity index is 544. The van der Waals surface area contributed by atoms with Gasteiger partial charge in [0.1, 0.15) is 6.54 Å². The number of benzene rings is 1. The van der Waals surface area contributed by atoms with Crippen LogP contribution >= 0.6 is 15.9 Å². The summed E-state index contributed by atoms with van der Waals surface area (Å²) in [6.07, 6.45) is 0.572. The second-order valence-corrected chi connectivity index (χ2v) is 6.90. The van der Waals surface area contributed by atoms with Gasteiger partial charge < -0.3 is 5.11 Å². The van der Waals surface area contributed by atoms with Crippen LogP contribution in [0.2, 0.25) is 0 Å². The molecule has 0 saturated heterocycles. The van der Waals surface area contributed by atoms with Gasteiger partial charge in [-0.1, -0.05) is 41.1 Å². The fourth-order valence-corrected chi connectivity index (χ4v) is 3.83. The van der Waals surface area contributed by atoms with Gasteiger partial charge in [-0.15, -0.1) is 0 Å². The van der Waals surface area contributed by atoms with Crippen LogP contribution in [0.5, 0.6) is 0 Å². The number of carboxylic acid groups (broad SMARTS) is 1. The highest BCUT2D eigenvalue weighted by Crippen LogP contribution is 2.20. The van der Waals surface area contributed by atoms with Crippen molar-refractivity contribution in [1.29, 1.82) is 0 Å². The van der Waals surface area contributed by atoms with Crippen molar-refractivity contribution in [3.05, 3.63) is 34.3 Å². The van der Waals surface area contributed by atoms with Gasteiger partial charge in [-0.2, -0.15) is 4.31 Å². The summed E-state index contributed by atoms with van der Waals surface area (Å²) in [4.78, 5) is 10.7. The third kappa shape index (κ3) is 4.93. The van der Waals surface area contributed by atoms with Gasteiger partial charge >= 0.3 is 5.97 Å². The molecule has 0 unspecified atom stereocenters. The van der Waals surface area contributed by atoms with E-state index in [1.165, 1.54) is 0 Å². The van der Waals surface area contributed by atoms with Gasteiger partial charge in [0.25, 0.3) is 0 Å². The lowest BCUT2D eigenvalue weighted by Crippen LogP contribution is -2.37. The molecule has 0 spiro atoms. The molecule has 0 bridgehead atoms. The third-order valence-corrected chi connectivity index (χ3v) is 5.02. The van der Waals surface area contributed by atoms with Crippen LogP contribution in [0.25, 0.3) is 0 Å². The predicted octanol–water partition coefficient (Wildman–Crippen LogP) is 2.08. The molecule has 0 aliphatic heterocycles. The average Bonchev–Trinajstić information content (AvgIpc) is 2.31. The molecule has 0 atom stereocenters. The van der Waals surface area contributed by atoms with Gasteiger partial charge in [-0.3, -0.25) is 4.79 Å². The van der Waals surface area contributed by atoms with E-state index in [0.717, 1.165) is 4.31 Å². The molecule has 1 aromatic carbocycles. The molecule has 19 heavy (non-hydrogen) atoms. The van der Waals surface area contributed by atoms with Crippen molar-refractivity contribution in [3.8, 4) is 0 Å². The SMILES string of the molecule is CCCN(CC(=O)O)S(=O)(=O)Cc1ccccc1Br. The van der Waals surface area contributed by atoms with Gasteiger partial charge in [-0.25, -0.2) is 8.42 Å². The standard InChI is InChI=1S/C12H16BrNO4S/c1-2-7-14(8-12(15)16)19(17,18)9-10-5-3-4-6-11(10)13/h3-6H,2,7-9H2,1H3,(H,15,16). The van der Waals surface area contributed by atoms with Gasteiger partial charge in [0.15, 0.2) is 0 Å². The minimum atomic E-state index is -3.63. The first-order valence-electron chi connectivity index (χ1n) is 5.80. The van der Waals surface area contributed by atoms with E-state index in [0.29, 0.717) is 16.5 Å². The summed E-state index contributed by atoms with van der Waals surface area (Å²) in [6, 6.07) is 7.00. The van der Waals surface area contributed by atoms with E-state index in [-0.39, 0.29) is 12.3 Å². The Morgan fingerprint density at radius 1 is 1.37 bits per heavy atom. The van der Waals surface area contributed by atoms with E-state index in [2.05, 4.69) is 15.9 Å². The molecule has 5 nitrogen and oxygen atoms in total. The molecule has 0 radical (unpaired) electrons. The average molecular weight is 350 g/mol. The van der Waals surface area contributed by atoms with E-state index < -0.39 is 22.5 Å². The molecule has 1 N–H and O–H groups in total. The summed E-state index contributed by atoms with van der Waals surface area (Å²) in [5, 5.41) is 8.78. The molecule has 106 valence electrons. The fourth-order valence-electron chi connectivity index (χ4n) is 1.62. The van der Waals surface area contributed by atoms with E-state index in [1.807, 2.05) is 6.92 Å². The Morgan fingerprint density at radius 2 is 2.00 bits per heavy atom. The first-order valence-corrected chi connectivity index (χ1v) is 8.20. The topological polar surface area (TPSA) is 74.7 Å². The second-order valence-electron chi connectivity index (χ2n) is 4.07. The minimum absolute atomic E-state index is 0.207. The van der Waals surface area contributed by atoms with Crippen LogP contribution in [-0.4, -0.2) is 36.9 Å². The number of nitrogens with zero attached hydrogens (tertiary/aromatic N) is 1. The molecule has 0 aliphatic rings. The van der Waals surface area contributed by atoms with E-state index in [9.17, 15) is 13.2 Å². The van der Waals surface area contributed by atoms with Crippen LogP contribution in [0.15, 0.2) is 28.7 Å². The Labute approximate surface area is 121 Å². The normalized spacial score (nSPS) is 11.7. The molecule has 0 amide bonds. The van der Waals surface area contributed by atoms with E-state index in [1.54, 1.807) is 24.3 Å². The first-order chi connectivity index (χ1) is 8.86. The zero-order valence-electron chi connectivity index (χ0n) is 10.5. The summed E-state index contributed by atoms with van der Waals surface area (Å²) in [6.45, 7) is 1.52. The molecule has 1 aromatic rings. The summed E-state index contributed by atoms with van der Waals surface area (Å²) in [7, 11) is -3.63. The zero-order chi connectivity index (χ0) is 14.5. The van der Waals surface area contributed by atoms with Crippen LogP contribution in [-0.2, 0) is 20.6 Å². The molecule has 0 aromatic heterocycles. The second kappa shape index (κ2) is 7.02. The minimum Gasteiger partial charge on any atom is -0.480 e. The predicted molar refractivity (Wildman–Crippen MR) is 76.3 cm³/mol. The Kier molecular flexibility index (Phi) is 5.96. The summed E-state index contributed by atoms with van der Waals surface area (Å²) < 4.78 is 26.1. The van der Waals surface area contributed by atoms with Crippen molar-refractivity contribution >= 4 is 31.9 Å². The number of halogens is 1. The Hall–Kier alpha value is -0.920. The Balaban J connectivity index is 2.94. The molecular weight excluding hydrogens is 334 g/mol. The maximum atomic E-state index is 12.2. The van der Waals surface area contributed by atoms with Crippen LogP contribution in [0.3, 0.4) is 0 Å². The quantitative estimate of drug-likeness (QED) is 0.817. The van der Waals surface area contributed by atoms with Crippen molar-refractivity contribution in [3.63, 3.8) is 0 Å². The van der Waals surface area contributed by atoms with Crippen LogP contribution in [0.4, 0.5) is 0 Å². The largest absolute Gasteiger partial charge is 0.480 e. The van der Waals surface area contributed by atoms with Crippen molar-refractivity contribution in [2.45, 2.75) is 19.1 Å². The van der Waals surface area contributed by atoms with Gasteiger partial charge in [0.05, 0.1) is 5.75 Å².